The molecule has 1 saturated heterocycles. The van der Waals surface area contributed by atoms with Gasteiger partial charge in [0.2, 0.25) is 0 Å². The fourth-order valence-electron chi connectivity index (χ4n) is 1.80. The van der Waals surface area contributed by atoms with Crippen LogP contribution in [0, 0.1) is 6.92 Å². The Kier molecular flexibility index (Phi) is 3.49. The Bertz CT molecular complexity index is 334. The van der Waals surface area contributed by atoms with Crippen molar-refractivity contribution in [3.05, 3.63) is 28.8 Å². The van der Waals surface area contributed by atoms with Gasteiger partial charge in [-0.2, -0.15) is 0 Å². The predicted octanol–water partition coefficient (Wildman–Crippen LogP) is 2.78. The van der Waals surface area contributed by atoms with Crippen molar-refractivity contribution in [1.82, 2.24) is 5.32 Å². The number of hydrogen-bond acceptors (Lipinski definition) is 2. The Morgan fingerprint density at radius 3 is 3.00 bits per heavy atom. The third kappa shape index (κ3) is 2.86. The fourth-order valence-corrected chi connectivity index (χ4v) is 1.92. The smallest absolute Gasteiger partial charge is 0.120 e. The van der Waals surface area contributed by atoms with Gasteiger partial charge in [-0.1, -0.05) is 11.6 Å². The molecule has 1 aliphatic rings. The van der Waals surface area contributed by atoms with Gasteiger partial charge in [0, 0.05) is 11.6 Å². The maximum atomic E-state index is 5.96. The summed E-state index contributed by atoms with van der Waals surface area (Å²) < 4.78 is 5.87. The molecule has 2 rings (SSSR count). The van der Waals surface area contributed by atoms with Crippen LogP contribution in [0.15, 0.2) is 18.2 Å². The standard InChI is InChI=1S/C12H16ClNO/c1-9-7-10(4-5-12(9)13)15-11-3-2-6-14-8-11/h4-5,7,11,14H,2-3,6,8H2,1H3. The topological polar surface area (TPSA) is 21.3 Å². The summed E-state index contributed by atoms with van der Waals surface area (Å²) in [5.41, 5.74) is 1.07. The molecule has 0 radical (unpaired) electrons. The van der Waals surface area contributed by atoms with Gasteiger partial charge in [0.25, 0.3) is 0 Å². The van der Waals surface area contributed by atoms with E-state index < -0.39 is 0 Å². The van der Waals surface area contributed by atoms with E-state index in [4.69, 9.17) is 16.3 Å². The Morgan fingerprint density at radius 1 is 1.47 bits per heavy atom. The minimum Gasteiger partial charge on any atom is -0.489 e. The van der Waals surface area contributed by atoms with Crippen molar-refractivity contribution < 1.29 is 4.74 Å². The molecule has 1 fully saturated rings. The predicted molar refractivity (Wildman–Crippen MR) is 62.7 cm³/mol. The first-order chi connectivity index (χ1) is 7.25. The van der Waals surface area contributed by atoms with E-state index in [0.717, 1.165) is 35.8 Å². The van der Waals surface area contributed by atoms with Crippen LogP contribution in [0.4, 0.5) is 0 Å². The van der Waals surface area contributed by atoms with E-state index in [1.54, 1.807) is 0 Å². The molecule has 1 aromatic rings. The molecule has 1 heterocycles. The van der Waals surface area contributed by atoms with E-state index in [9.17, 15) is 0 Å². The second-order valence-electron chi connectivity index (χ2n) is 4.00. The summed E-state index contributed by atoms with van der Waals surface area (Å²) in [6, 6.07) is 5.82. The maximum Gasteiger partial charge on any atom is 0.120 e. The van der Waals surface area contributed by atoms with Gasteiger partial charge in [0.1, 0.15) is 11.9 Å². The number of ether oxygens (including phenoxy) is 1. The first kappa shape index (κ1) is 10.8. The molecule has 15 heavy (non-hydrogen) atoms. The third-order valence-electron chi connectivity index (χ3n) is 2.68. The van der Waals surface area contributed by atoms with Crippen LogP contribution in [-0.4, -0.2) is 19.2 Å². The van der Waals surface area contributed by atoms with E-state index in [2.05, 4.69) is 5.32 Å². The average Bonchev–Trinajstić information content (AvgIpc) is 2.25. The summed E-state index contributed by atoms with van der Waals surface area (Å²) in [5.74, 6) is 0.922. The van der Waals surface area contributed by atoms with E-state index in [-0.39, 0.29) is 0 Å². The van der Waals surface area contributed by atoms with Crippen LogP contribution >= 0.6 is 11.6 Å². The van der Waals surface area contributed by atoms with E-state index in [1.807, 2.05) is 25.1 Å². The van der Waals surface area contributed by atoms with Gasteiger partial charge in [0.15, 0.2) is 0 Å². The van der Waals surface area contributed by atoms with Gasteiger partial charge < -0.3 is 10.1 Å². The van der Waals surface area contributed by atoms with Gasteiger partial charge in [-0.25, -0.2) is 0 Å². The molecule has 1 aromatic carbocycles. The molecule has 0 saturated carbocycles. The Hall–Kier alpha value is -0.730. The number of halogens is 1. The molecule has 3 heteroatoms. The zero-order valence-corrected chi connectivity index (χ0v) is 9.68. The summed E-state index contributed by atoms with van der Waals surface area (Å²) >= 11 is 5.96. The van der Waals surface area contributed by atoms with Crippen molar-refractivity contribution in [3.63, 3.8) is 0 Å². The molecule has 82 valence electrons. The van der Waals surface area contributed by atoms with Crippen LogP contribution in [0.3, 0.4) is 0 Å². The van der Waals surface area contributed by atoms with Crippen molar-refractivity contribution >= 4 is 11.6 Å². The second-order valence-corrected chi connectivity index (χ2v) is 4.40. The van der Waals surface area contributed by atoms with Gasteiger partial charge in [0.05, 0.1) is 0 Å². The highest BCUT2D eigenvalue weighted by Crippen LogP contribution is 2.22. The van der Waals surface area contributed by atoms with E-state index >= 15 is 0 Å². The van der Waals surface area contributed by atoms with Crippen LogP contribution in [0.25, 0.3) is 0 Å². The lowest BCUT2D eigenvalue weighted by Crippen LogP contribution is -2.37. The normalized spacial score (nSPS) is 21.3. The summed E-state index contributed by atoms with van der Waals surface area (Å²) in [6.07, 6.45) is 2.63. The lowest BCUT2D eigenvalue weighted by molar-refractivity contribution is 0.167. The van der Waals surface area contributed by atoms with Crippen LogP contribution in [0.1, 0.15) is 18.4 Å². The van der Waals surface area contributed by atoms with Gasteiger partial charge in [-0.3, -0.25) is 0 Å². The highest BCUT2D eigenvalue weighted by molar-refractivity contribution is 6.31. The van der Waals surface area contributed by atoms with Crippen LogP contribution < -0.4 is 10.1 Å². The zero-order chi connectivity index (χ0) is 10.7. The van der Waals surface area contributed by atoms with E-state index in [1.165, 1.54) is 6.42 Å². The minimum absolute atomic E-state index is 0.305. The summed E-state index contributed by atoms with van der Waals surface area (Å²) in [7, 11) is 0. The monoisotopic (exact) mass is 225 g/mol. The van der Waals surface area contributed by atoms with Gasteiger partial charge in [-0.05, 0) is 50.1 Å². The van der Waals surface area contributed by atoms with Crippen molar-refractivity contribution in [3.8, 4) is 5.75 Å². The summed E-state index contributed by atoms with van der Waals surface area (Å²) in [4.78, 5) is 0. The quantitative estimate of drug-likeness (QED) is 0.836. The molecule has 0 aliphatic carbocycles. The Labute approximate surface area is 95.6 Å². The number of aryl methyl sites for hydroxylation is 1. The highest BCUT2D eigenvalue weighted by atomic mass is 35.5. The Balaban J connectivity index is 2.00. The number of piperidine rings is 1. The lowest BCUT2D eigenvalue weighted by Gasteiger charge is -2.24. The molecule has 1 N–H and O–H groups in total. The number of benzene rings is 1. The SMILES string of the molecule is Cc1cc(OC2CCCNC2)ccc1Cl. The highest BCUT2D eigenvalue weighted by Gasteiger charge is 2.14. The van der Waals surface area contributed by atoms with Crippen molar-refractivity contribution in [2.45, 2.75) is 25.9 Å². The van der Waals surface area contributed by atoms with Crippen molar-refractivity contribution in [2.75, 3.05) is 13.1 Å². The molecule has 0 amide bonds. The molecule has 1 atom stereocenters. The maximum absolute atomic E-state index is 5.96. The summed E-state index contributed by atoms with van der Waals surface area (Å²) in [5, 5.41) is 4.13. The Morgan fingerprint density at radius 2 is 2.33 bits per heavy atom. The number of nitrogens with one attached hydrogen (secondary N) is 1. The van der Waals surface area contributed by atoms with Crippen LogP contribution in [0.2, 0.25) is 5.02 Å². The first-order valence-corrected chi connectivity index (χ1v) is 5.77. The van der Waals surface area contributed by atoms with Crippen LogP contribution in [0.5, 0.6) is 5.75 Å². The summed E-state index contributed by atoms with van der Waals surface area (Å²) in [6.45, 7) is 4.05. The molecule has 2 nitrogen and oxygen atoms in total. The molecule has 0 aromatic heterocycles. The second kappa shape index (κ2) is 4.86. The largest absolute Gasteiger partial charge is 0.489 e. The molecule has 1 unspecified atom stereocenters. The first-order valence-electron chi connectivity index (χ1n) is 5.39. The number of rotatable bonds is 2. The lowest BCUT2D eigenvalue weighted by atomic mass is 10.1. The van der Waals surface area contributed by atoms with Gasteiger partial charge in [-0.15, -0.1) is 0 Å². The zero-order valence-electron chi connectivity index (χ0n) is 8.92. The average molecular weight is 226 g/mol. The van der Waals surface area contributed by atoms with Gasteiger partial charge >= 0.3 is 0 Å². The molecule has 0 spiro atoms. The minimum atomic E-state index is 0.305. The molecule has 0 bridgehead atoms. The van der Waals surface area contributed by atoms with Crippen molar-refractivity contribution in [1.29, 1.82) is 0 Å². The molecular formula is C12H16ClNO. The number of hydrogen-bond donors (Lipinski definition) is 1. The third-order valence-corrected chi connectivity index (χ3v) is 3.11. The molecule has 1 aliphatic heterocycles. The fraction of sp³-hybridized carbons (Fsp3) is 0.500. The van der Waals surface area contributed by atoms with Crippen molar-refractivity contribution in [2.24, 2.45) is 0 Å². The van der Waals surface area contributed by atoms with E-state index in [0.29, 0.717) is 6.10 Å². The van der Waals surface area contributed by atoms with Crippen LogP contribution in [-0.2, 0) is 0 Å². The molecular weight excluding hydrogens is 210 g/mol.